The molecule has 0 aliphatic carbocycles. The summed E-state index contributed by atoms with van der Waals surface area (Å²) >= 11 is 0. The Balaban J connectivity index is 1.86. The van der Waals surface area contributed by atoms with Gasteiger partial charge in [-0.3, -0.25) is 0 Å². The molecule has 0 radical (unpaired) electrons. The molecule has 100 valence electrons. The molecule has 0 spiro atoms. The molecule has 0 bridgehead atoms. The van der Waals surface area contributed by atoms with Crippen LogP contribution in [0.2, 0.25) is 0 Å². The van der Waals surface area contributed by atoms with Crippen LogP contribution < -0.4 is 0 Å². The normalized spacial score (nSPS) is 12.4. The minimum absolute atomic E-state index is 0.262. The fourth-order valence-electron chi connectivity index (χ4n) is 2.31. The molecule has 0 saturated heterocycles. The molecule has 1 nitrogen and oxygen atoms in total. The monoisotopic (exact) mass is 254 g/mol. The van der Waals surface area contributed by atoms with E-state index in [-0.39, 0.29) is 6.10 Å². The zero-order valence-electron chi connectivity index (χ0n) is 11.8. The highest BCUT2D eigenvalue weighted by atomic mass is 16.3. The fraction of sp³-hybridized carbons (Fsp3) is 0.333. The standard InChI is InChI=1S/C18H22O/c1-14-7-9-16(10-8-14)13-18(19)12-11-17-6-4-3-5-15(17)2/h3-10,18-19H,11-13H2,1-2H3. The predicted molar refractivity (Wildman–Crippen MR) is 80.4 cm³/mol. The highest BCUT2D eigenvalue weighted by molar-refractivity contribution is 5.26. The van der Waals surface area contributed by atoms with Gasteiger partial charge in [-0.15, -0.1) is 0 Å². The van der Waals surface area contributed by atoms with Gasteiger partial charge in [-0.1, -0.05) is 54.1 Å². The number of aliphatic hydroxyl groups is 1. The summed E-state index contributed by atoms with van der Waals surface area (Å²) in [5, 5.41) is 10.1. The second-order valence-corrected chi connectivity index (χ2v) is 5.31. The van der Waals surface area contributed by atoms with Crippen molar-refractivity contribution in [1.82, 2.24) is 0 Å². The van der Waals surface area contributed by atoms with E-state index >= 15 is 0 Å². The Labute approximate surface area is 115 Å². The maximum Gasteiger partial charge on any atom is 0.0583 e. The molecular weight excluding hydrogens is 232 g/mol. The van der Waals surface area contributed by atoms with Crippen LogP contribution >= 0.6 is 0 Å². The molecule has 0 aliphatic rings. The second-order valence-electron chi connectivity index (χ2n) is 5.31. The minimum atomic E-state index is -0.262. The maximum atomic E-state index is 10.1. The van der Waals surface area contributed by atoms with Crippen LogP contribution in [0.3, 0.4) is 0 Å². The largest absolute Gasteiger partial charge is 0.393 e. The lowest BCUT2D eigenvalue weighted by Crippen LogP contribution is -2.12. The molecule has 0 fully saturated rings. The Bertz CT molecular complexity index is 513. The molecule has 0 heterocycles. The Morgan fingerprint density at radius 1 is 0.947 bits per heavy atom. The minimum Gasteiger partial charge on any atom is -0.393 e. The number of hydrogen-bond acceptors (Lipinski definition) is 1. The average Bonchev–Trinajstić information content (AvgIpc) is 2.40. The van der Waals surface area contributed by atoms with Crippen LogP contribution in [-0.2, 0) is 12.8 Å². The van der Waals surface area contributed by atoms with Crippen LogP contribution in [0.1, 0.15) is 28.7 Å². The van der Waals surface area contributed by atoms with Gasteiger partial charge in [0.05, 0.1) is 6.10 Å². The number of benzene rings is 2. The van der Waals surface area contributed by atoms with Crippen molar-refractivity contribution in [3.05, 3.63) is 70.8 Å². The predicted octanol–water partition coefficient (Wildman–Crippen LogP) is 3.84. The van der Waals surface area contributed by atoms with E-state index in [0.29, 0.717) is 0 Å². The Morgan fingerprint density at radius 3 is 2.32 bits per heavy atom. The van der Waals surface area contributed by atoms with Gasteiger partial charge in [0.2, 0.25) is 0 Å². The summed E-state index contributed by atoms with van der Waals surface area (Å²) in [6.07, 6.45) is 2.24. The molecular formula is C18H22O. The first kappa shape index (κ1) is 13.8. The Hall–Kier alpha value is -1.60. The lowest BCUT2D eigenvalue weighted by Gasteiger charge is -2.12. The van der Waals surface area contributed by atoms with Crippen molar-refractivity contribution in [1.29, 1.82) is 0 Å². The average molecular weight is 254 g/mol. The zero-order valence-corrected chi connectivity index (χ0v) is 11.8. The van der Waals surface area contributed by atoms with Gasteiger partial charge in [0, 0.05) is 0 Å². The van der Waals surface area contributed by atoms with E-state index in [1.807, 2.05) is 0 Å². The first-order valence-corrected chi connectivity index (χ1v) is 6.93. The summed E-state index contributed by atoms with van der Waals surface area (Å²) in [4.78, 5) is 0. The van der Waals surface area contributed by atoms with E-state index in [2.05, 4.69) is 62.4 Å². The van der Waals surface area contributed by atoms with Gasteiger partial charge in [0.25, 0.3) is 0 Å². The van der Waals surface area contributed by atoms with Gasteiger partial charge >= 0.3 is 0 Å². The molecule has 0 aromatic heterocycles. The van der Waals surface area contributed by atoms with Crippen molar-refractivity contribution in [2.24, 2.45) is 0 Å². The van der Waals surface area contributed by atoms with Gasteiger partial charge in [0.15, 0.2) is 0 Å². The van der Waals surface area contributed by atoms with Gasteiger partial charge in [-0.2, -0.15) is 0 Å². The molecule has 0 saturated carbocycles. The van der Waals surface area contributed by atoms with Crippen molar-refractivity contribution in [2.75, 3.05) is 0 Å². The van der Waals surface area contributed by atoms with Crippen molar-refractivity contribution in [3.8, 4) is 0 Å². The molecule has 1 N–H and O–H groups in total. The fourth-order valence-corrected chi connectivity index (χ4v) is 2.31. The van der Waals surface area contributed by atoms with Gasteiger partial charge < -0.3 is 5.11 Å². The molecule has 0 amide bonds. The molecule has 1 atom stereocenters. The summed E-state index contributed by atoms with van der Waals surface area (Å²) in [5.41, 5.74) is 5.12. The summed E-state index contributed by atoms with van der Waals surface area (Å²) in [7, 11) is 0. The van der Waals surface area contributed by atoms with E-state index in [4.69, 9.17) is 0 Å². The Morgan fingerprint density at radius 2 is 1.63 bits per heavy atom. The molecule has 2 aromatic carbocycles. The third-order valence-corrected chi connectivity index (χ3v) is 3.60. The maximum absolute atomic E-state index is 10.1. The molecule has 1 unspecified atom stereocenters. The zero-order chi connectivity index (χ0) is 13.7. The third kappa shape index (κ3) is 4.22. The summed E-state index contributed by atoms with van der Waals surface area (Å²) in [6, 6.07) is 16.8. The van der Waals surface area contributed by atoms with Crippen molar-refractivity contribution in [2.45, 2.75) is 39.2 Å². The number of rotatable bonds is 5. The molecule has 0 aliphatic heterocycles. The van der Waals surface area contributed by atoms with Crippen LogP contribution in [0.25, 0.3) is 0 Å². The van der Waals surface area contributed by atoms with E-state index < -0.39 is 0 Å². The SMILES string of the molecule is Cc1ccc(CC(O)CCc2ccccc2C)cc1. The number of aryl methyl sites for hydroxylation is 3. The van der Waals surface area contributed by atoms with Crippen LogP contribution in [0, 0.1) is 13.8 Å². The van der Waals surface area contributed by atoms with E-state index in [1.54, 1.807) is 0 Å². The van der Waals surface area contributed by atoms with Gasteiger partial charge in [0.1, 0.15) is 0 Å². The molecule has 2 aromatic rings. The lowest BCUT2D eigenvalue weighted by atomic mass is 9.98. The van der Waals surface area contributed by atoms with Gasteiger partial charge in [-0.05, 0) is 49.8 Å². The topological polar surface area (TPSA) is 20.2 Å². The van der Waals surface area contributed by atoms with E-state index in [9.17, 15) is 5.11 Å². The van der Waals surface area contributed by atoms with Crippen LogP contribution in [0.4, 0.5) is 0 Å². The number of aliphatic hydroxyl groups excluding tert-OH is 1. The Kier molecular flexibility index (Phi) is 4.75. The van der Waals surface area contributed by atoms with Crippen LogP contribution in [0.15, 0.2) is 48.5 Å². The quantitative estimate of drug-likeness (QED) is 0.859. The first-order valence-electron chi connectivity index (χ1n) is 6.93. The van der Waals surface area contributed by atoms with E-state index in [0.717, 1.165) is 19.3 Å². The summed E-state index contributed by atoms with van der Waals surface area (Å²) in [6.45, 7) is 4.21. The van der Waals surface area contributed by atoms with Crippen molar-refractivity contribution >= 4 is 0 Å². The van der Waals surface area contributed by atoms with Crippen molar-refractivity contribution < 1.29 is 5.11 Å². The lowest BCUT2D eigenvalue weighted by molar-refractivity contribution is 0.165. The highest BCUT2D eigenvalue weighted by Gasteiger charge is 2.07. The molecule has 1 heteroatoms. The smallest absolute Gasteiger partial charge is 0.0583 e. The molecule has 2 rings (SSSR count). The molecule has 19 heavy (non-hydrogen) atoms. The van der Waals surface area contributed by atoms with Gasteiger partial charge in [-0.25, -0.2) is 0 Å². The second kappa shape index (κ2) is 6.53. The van der Waals surface area contributed by atoms with Crippen molar-refractivity contribution in [3.63, 3.8) is 0 Å². The van der Waals surface area contributed by atoms with Crippen LogP contribution in [-0.4, -0.2) is 11.2 Å². The number of hydrogen-bond donors (Lipinski definition) is 1. The summed E-state index contributed by atoms with van der Waals surface area (Å²) < 4.78 is 0. The highest BCUT2D eigenvalue weighted by Crippen LogP contribution is 2.13. The van der Waals surface area contributed by atoms with E-state index in [1.165, 1.54) is 22.3 Å². The first-order chi connectivity index (χ1) is 9.15. The third-order valence-electron chi connectivity index (χ3n) is 3.60. The summed E-state index contributed by atoms with van der Waals surface area (Å²) in [5.74, 6) is 0. The van der Waals surface area contributed by atoms with Crippen LogP contribution in [0.5, 0.6) is 0 Å².